The predicted molar refractivity (Wildman–Crippen MR) is 82.8 cm³/mol. The molecular weight excluding hydrogens is 345 g/mol. The SMILES string of the molecule is CCOC(=O)C(C(=O)OCC)C(C[N+](=O)[O-])c1ccc(F)c(Cl)c1. The third kappa shape index (κ3) is 5.16. The van der Waals surface area contributed by atoms with Crippen molar-refractivity contribution >= 4 is 23.5 Å². The van der Waals surface area contributed by atoms with E-state index in [-0.39, 0.29) is 23.8 Å². The maximum atomic E-state index is 13.3. The molecule has 0 saturated carbocycles. The fourth-order valence-electron chi connectivity index (χ4n) is 2.20. The number of carbonyl (C=O) groups is 2. The van der Waals surface area contributed by atoms with E-state index in [2.05, 4.69) is 0 Å². The molecule has 0 aliphatic heterocycles. The van der Waals surface area contributed by atoms with Crippen LogP contribution in [0.3, 0.4) is 0 Å². The summed E-state index contributed by atoms with van der Waals surface area (Å²) in [6, 6.07) is 3.40. The second-order valence-electron chi connectivity index (χ2n) is 4.78. The van der Waals surface area contributed by atoms with Gasteiger partial charge in [0.25, 0.3) is 0 Å². The van der Waals surface area contributed by atoms with Gasteiger partial charge in [0.1, 0.15) is 5.82 Å². The molecule has 24 heavy (non-hydrogen) atoms. The molecule has 0 radical (unpaired) electrons. The van der Waals surface area contributed by atoms with E-state index in [1.54, 1.807) is 0 Å². The Balaban J connectivity index is 3.33. The number of nitrogens with zero attached hydrogens (tertiary/aromatic N) is 1. The molecule has 0 amide bonds. The quantitative estimate of drug-likeness (QED) is 0.305. The molecule has 1 rings (SSSR count). The van der Waals surface area contributed by atoms with Gasteiger partial charge in [-0.3, -0.25) is 19.7 Å². The first-order chi connectivity index (χ1) is 11.3. The number of nitro groups is 1. The van der Waals surface area contributed by atoms with Crippen LogP contribution in [0.25, 0.3) is 0 Å². The highest BCUT2D eigenvalue weighted by Crippen LogP contribution is 2.30. The van der Waals surface area contributed by atoms with Crippen molar-refractivity contribution in [1.29, 1.82) is 0 Å². The van der Waals surface area contributed by atoms with Crippen molar-refractivity contribution in [2.45, 2.75) is 19.8 Å². The molecule has 1 aromatic carbocycles. The molecule has 0 fully saturated rings. The van der Waals surface area contributed by atoms with Crippen LogP contribution in [0.15, 0.2) is 18.2 Å². The van der Waals surface area contributed by atoms with Crippen LogP contribution in [-0.2, 0) is 19.1 Å². The fraction of sp³-hybridized carbons (Fsp3) is 0.467. The molecule has 9 heteroatoms. The number of carbonyl (C=O) groups excluding carboxylic acids is 2. The molecule has 1 atom stereocenters. The van der Waals surface area contributed by atoms with Crippen molar-refractivity contribution in [2.24, 2.45) is 5.92 Å². The van der Waals surface area contributed by atoms with Crippen molar-refractivity contribution in [3.05, 3.63) is 44.7 Å². The Morgan fingerprint density at radius 2 is 1.79 bits per heavy atom. The van der Waals surface area contributed by atoms with Crippen LogP contribution < -0.4 is 0 Å². The van der Waals surface area contributed by atoms with E-state index in [0.717, 1.165) is 12.1 Å². The van der Waals surface area contributed by atoms with Gasteiger partial charge in [-0.1, -0.05) is 17.7 Å². The second kappa shape index (κ2) is 9.17. The van der Waals surface area contributed by atoms with E-state index in [4.69, 9.17) is 21.1 Å². The molecule has 1 unspecified atom stereocenters. The van der Waals surface area contributed by atoms with Crippen molar-refractivity contribution in [2.75, 3.05) is 19.8 Å². The monoisotopic (exact) mass is 361 g/mol. The van der Waals surface area contributed by atoms with Gasteiger partial charge in [0.2, 0.25) is 6.54 Å². The van der Waals surface area contributed by atoms with E-state index in [0.29, 0.717) is 0 Å². The summed E-state index contributed by atoms with van der Waals surface area (Å²) in [6.45, 7) is 2.31. The zero-order valence-electron chi connectivity index (χ0n) is 13.2. The summed E-state index contributed by atoms with van der Waals surface area (Å²) in [5, 5.41) is 10.7. The summed E-state index contributed by atoms with van der Waals surface area (Å²) in [5.74, 6) is -5.34. The Bertz CT molecular complexity index is 606. The Morgan fingerprint density at radius 1 is 1.25 bits per heavy atom. The van der Waals surface area contributed by atoms with E-state index >= 15 is 0 Å². The zero-order chi connectivity index (χ0) is 18.3. The van der Waals surface area contributed by atoms with E-state index < -0.39 is 41.1 Å². The molecule has 0 bridgehead atoms. The third-order valence-electron chi connectivity index (χ3n) is 3.20. The summed E-state index contributed by atoms with van der Waals surface area (Å²) in [4.78, 5) is 34.6. The van der Waals surface area contributed by atoms with Crippen LogP contribution in [0.2, 0.25) is 5.02 Å². The number of esters is 2. The van der Waals surface area contributed by atoms with Crippen molar-refractivity contribution in [3.63, 3.8) is 0 Å². The molecule has 0 aliphatic rings. The third-order valence-corrected chi connectivity index (χ3v) is 3.49. The van der Waals surface area contributed by atoms with Crippen LogP contribution >= 0.6 is 11.6 Å². The number of rotatable bonds is 8. The first-order valence-electron chi connectivity index (χ1n) is 7.21. The standard InChI is InChI=1S/C15H17ClFNO6/c1-3-23-14(19)13(15(20)24-4-2)10(8-18(21)22)9-5-6-12(17)11(16)7-9/h5-7,10,13H,3-4,8H2,1-2H3. The highest BCUT2D eigenvalue weighted by atomic mass is 35.5. The van der Waals surface area contributed by atoms with Gasteiger partial charge in [-0.05, 0) is 31.5 Å². The van der Waals surface area contributed by atoms with Crippen molar-refractivity contribution in [1.82, 2.24) is 0 Å². The van der Waals surface area contributed by atoms with Gasteiger partial charge in [0.15, 0.2) is 5.92 Å². The first-order valence-corrected chi connectivity index (χ1v) is 7.59. The summed E-state index contributed by atoms with van der Waals surface area (Å²) < 4.78 is 23.0. The molecule has 132 valence electrons. The first kappa shape index (κ1) is 19.8. The average molecular weight is 362 g/mol. The lowest BCUT2D eigenvalue weighted by molar-refractivity contribution is -0.484. The highest BCUT2D eigenvalue weighted by Gasteiger charge is 2.41. The smallest absolute Gasteiger partial charge is 0.321 e. The molecular formula is C15H17ClFNO6. The van der Waals surface area contributed by atoms with Crippen LogP contribution in [0.1, 0.15) is 25.3 Å². The van der Waals surface area contributed by atoms with Crippen molar-refractivity contribution in [3.8, 4) is 0 Å². The largest absolute Gasteiger partial charge is 0.465 e. The van der Waals surface area contributed by atoms with E-state index in [1.165, 1.54) is 19.9 Å². The summed E-state index contributed by atoms with van der Waals surface area (Å²) in [7, 11) is 0. The maximum Gasteiger partial charge on any atom is 0.321 e. The summed E-state index contributed by atoms with van der Waals surface area (Å²) in [6.07, 6.45) is 0. The van der Waals surface area contributed by atoms with E-state index in [9.17, 15) is 24.1 Å². The molecule has 7 nitrogen and oxygen atoms in total. The molecule has 0 aliphatic carbocycles. The molecule has 1 aromatic rings. The summed E-state index contributed by atoms with van der Waals surface area (Å²) >= 11 is 5.70. The van der Waals surface area contributed by atoms with Gasteiger partial charge in [0, 0.05) is 4.92 Å². The van der Waals surface area contributed by atoms with E-state index in [1.807, 2.05) is 0 Å². The number of halogens is 2. The average Bonchev–Trinajstić information content (AvgIpc) is 2.49. The Labute approximate surface area is 142 Å². The Hall–Kier alpha value is -2.22. The number of ether oxygens (including phenoxy) is 2. The lowest BCUT2D eigenvalue weighted by atomic mass is 9.85. The zero-order valence-corrected chi connectivity index (χ0v) is 13.9. The molecule has 0 spiro atoms. The van der Waals surface area contributed by atoms with Gasteiger partial charge in [0.05, 0.1) is 24.2 Å². The number of hydrogen-bond donors (Lipinski definition) is 0. The maximum absolute atomic E-state index is 13.3. The number of hydrogen-bond acceptors (Lipinski definition) is 6. The topological polar surface area (TPSA) is 95.7 Å². The van der Waals surface area contributed by atoms with Crippen LogP contribution in [0, 0.1) is 21.8 Å². The Kier molecular flexibility index (Phi) is 7.57. The van der Waals surface area contributed by atoms with Crippen LogP contribution in [0.4, 0.5) is 4.39 Å². The van der Waals surface area contributed by atoms with Crippen molar-refractivity contribution < 1.29 is 28.4 Å². The van der Waals surface area contributed by atoms with Crippen LogP contribution in [-0.4, -0.2) is 36.6 Å². The molecule has 0 N–H and O–H groups in total. The van der Waals surface area contributed by atoms with Gasteiger partial charge in [-0.15, -0.1) is 0 Å². The molecule has 0 aromatic heterocycles. The lowest BCUT2D eigenvalue weighted by Crippen LogP contribution is -2.36. The Morgan fingerprint density at radius 3 is 2.21 bits per heavy atom. The van der Waals surface area contributed by atoms with Gasteiger partial charge in [-0.2, -0.15) is 0 Å². The fourth-order valence-corrected chi connectivity index (χ4v) is 2.38. The van der Waals surface area contributed by atoms with Gasteiger partial charge in [-0.25, -0.2) is 4.39 Å². The molecule has 0 saturated heterocycles. The predicted octanol–water partition coefficient (Wildman–Crippen LogP) is 2.58. The normalized spacial score (nSPS) is 11.9. The van der Waals surface area contributed by atoms with Crippen LogP contribution in [0.5, 0.6) is 0 Å². The minimum Gasteiger partial charge on any atom is -0.465 e. The molecule has 0 heterocycles. The van der Waals surface area contributed by atoms with Gasteiger partial charge < -0.3 is 9.47 Å². The summed E-state index contributed by atoms with van der Waals surface area (Å²) in [5.41, 5.74) is 0.171. The highest BCUT2D eigenvalue weighted by molar-refractivity contribution is 6.30. The minimum atomic E-state index is -1.54. The lowest BCUT2D eigenvalue weighted by Gasteiger charge is -2.22. The van der Waals surface area contributed by atoms with Gasteiger partial charge >= 0.3 is 11.9 Å². The second-order valence-corrected chi connectivity index (χ2v) is 5.18. The number of benzene rings is 1. The minimum absolute atomic E-state index is 0.00982.